The molecule has 0 aliphatic rings. The highest BCUT2D eigenvalue weighted by atomic mass is 32.1. The van der Waals surface area contributed by atoms with E-state index in [2.05, 4.69) is 167 Å². The number of anilines is 3. The average molecular weight is 567 g/mol. The van der Waals surface area contributed by atoms with Crippen molar-refractivity contribution in [2.75, 3.05) is 4.90 Å². The molecule has 2 nitrogen and oxygen atoms in total. The predicted molar refractivity (Wildman–Crippen MR) is 186 cm³/mol. The van der Waals surface area contributed by atoms with Gasteiger partial charge in [-0.1, -0.05) is 97.1 Å². The van der Waals surface area contributed by atoms with Crippen LogP contribution in [0.4, 0.5) is 17.1 Å². The zero-order valence-corrected chi connectivity index (χ0v) is 24.1. The first kappa shape index (κ1) is 24.2. The number of nitrogens with zero attached hydrogens (tertiary/aromatic N) is 2. The summed E-state index contributed by atoms with van der Waals surface area (Å²) in [6, 6.07) is 57.2. The van der Waals surface area contributed by atoms with E-state index >= 15 is 0 Å². The minimum Gasteiger partial charge on any atom is -0.310 e. The van der Waals surface area contributed by atoms with Crippen LogP contribution in [0.1, 0.15) is 0 Å². The number of thiophene rings is 1. The summed E-state index contributed by atoms with van der Waals surface area (Å²) in [4.78, 5) is 2.36. The molecule has 202 valence electrons. The number of para-hydroxylation sites is 2. The molecule has 43 heavy (non-hydrogen) atoms. The van der Waals surface area contributed by atoms with Crippen molar-refractivity contribution < 1.29 is 0 Å². The lowest BCUT2D eigenvalue weighted by Gasteiger charge is -2.26. The van der Waals surface area contributed by atoms with E-state index in [1.807, 2.05) is 11.3 Å². The molecule has 0 saturated heterocycles. The molecule has 9 aromatic rings. The van der Waals surface area contributed by atoms with Gasteiger partial charge in [-0.3, -0.25) is 0 Å². The van der Waals surface area contributed by atoms with Crippen molar-refractivity contribution in [3.63, 3.8) is 0 Å². The second-order valence-corrected chi connectivity index (χ2v) is 12.1. The van der Waals surface area contributed by atoms with Gasteiger partial charge in [-0.2, -0.15) is 0 Å². The lowest BCUT2D eigenvalue weighted by Crippen LogP contribution is -2.09. The van der Waals surface area contributed by atoms with Crippen molar-refractivity contribution in [3.8, 4) is 5.69 Å². The average Bonchev–Trinajstić information content (AvgIpc) is 3.61. The molecule has 0 radical (unpaired) electrons. The molecule has 0 aliphatic heterocycles. The van der Waals surface area contributed by atoms with Gasteiger partial charge in [0.05, 0.1) is 11.0 Å². The Bertz CT molecular complexity index is 2450. The summed E-state index contributed by atoms with van der Waals surface area (Å²) in [7, 11) is 0. The summed E-state index contributed by atoms with van der Waals surface area (Å²) in [5.41, 5.74) is 7.04. The summed E-state index contributed by atoms with van der Waals surface area (Å²) >= 11 is 1.86. The first-order chi connectivity index (χ1) is 21.3. The van der Waals surface area contributed by atoms with Gasteiger partial charge in [0.15, 0.2) is 0 Å². The molecule has 2 heterocycles. The lowest BCUT2D eigenvalue weighted by molar-refractivity contribution is 1.18. The topological polar surface area (TPSA) is 8.17 Å². The molecular weight excluding hydrogens is 541 g/mol. The van der Waals surface area contributed by atoms with Crippen molar-refractivity contribution >= 4 is 81.1 Å². The number of fused-ring (bicyclic) bond motifs is 8. The summed E-state index contributed by atoms with van der Waals surface area (Å²) in [5, 5.41) is 7.70. The van der Waals surface area contributed by atoms with Crippen LogP contribution >= 0.6 is 11.3 Å². The molecule has 0 N–H and O–H groups in total. The van der Waals surface area contributed by atoms with Gasteiger partial charge in [-0.15, -0.1) is 11.3 Å². The quantitative estimate of drug-likeness (QED) is 0.206. The highest BCUT2D eigenvalue weighted by molar-refractivity contribution is 7.25. The Morgan fingerprint density at radius 1 is 0.419 bits per heavy atom. The van der Waals surface area contributed by atoms with E-state index in [-0.39, 0.29) is 0 Å². The maximum absolute atomic E-state index is 2.42. The van der Waals surface area contributed by atoms with Crippen LogP contribution in [-0.2, 0) is 0 Å². The van der Waals surface area contributed by atoms with Crippen molar-refractivity contribution in [2.24, 2.45) is 0 Å². The number of aromatic nitrogens is 1. The molecule has 0 spiro atoms. The van der Waals surface area contributed by atoms with Crippen LogP contribution in [0.15, 0.2) is 158 Å². The van der Waals surface area contributed by atoms with Crippen LogP contribution in [-0.4, -0.2) is 4.57 Å². The SMILES string of the molecule is c1ccc(N(c2ccc(-n3c4ccccc4c4ccc5ccccc5c43)cc2)c2ccc3c(c2)sc2ccccc23)cc1. The molecule has 0 saturated carbocycles. The van der Waals surface area contributed by atoms with Gasteiger partial charge in [0.25, 0.3) is 0 Å². The second-order valence-electron chi connectivity index (χ2n) is 11.0. The van der Waals surface area contributed by atoms with Gasteiger partial charge in [-0.25, -0.2) is 0 Å². The van der Waals surface area contributed by atoms with E-state index in [4.69, 9.17) is 0 Å². The Morgan fingerprint density at radius 2 is 1.05 bits per heavy atom. The minimum absolute atomic E-state index is 1.13. The molecule has 0 atom stereocenters. The number of hydrogen-bond donors (Lipinski definition) is 0. The van der Waals surface area contributed by atoms with Gasteiger partial charge >= 0.3 is 0 Å². The van der Waals surface area contributed by atoms with Crippen LogP contribution in [0.5, 0.6) is 0 Å². The number of rotatable bonds is 4. The van der Waals surface area contributed by atoms with Gasteiger partial charge in [0, 0.05) is 59.1 Å². The third kappa shape index (κ3) is 3.79. The number of hydrogen-bond acceptors (Lipinski definition) is 2. The summed E-state index contributed by atoms with van der Waals surface area (Å²) in [6.45, 7) is 0. The fraction of sp³-hybridized carbons (Fsp3) is 0. The number of benzene rings is 7. The van der Waals surface area contributed by atoms with Crippen molar-refractivity contribution in [3.05, 3.63) is 158 Å². The zero-order chi connectivity index (χ0) is 28.3. The van der Waals surface area contributed by atoms with E-state index in [0.29, 0.717) is 0 Å². The van der Waals surface area contributed by atoms with Gasteiger partial charge < -0.3 is 9.47 Å². The van der Waals surface area contributed by atoms with Gasteiger partial charge in [0.2, 0.25) is 0 Å². The Morgan fingerprint density at radius 3 is 1.91 bits per heavy atom. The third-order valence-electron chi connectivity index (χ3n) is 8.56. The molecule has 0 bridgehead atoms. The normalized spacial score (nSPS) is 11.7. The monoisotopic (exact) mass is 566 g/mol. The maximum Gasteiger partial charge on any atom is 0.0619 e. The highest BCUT2D eigenvalue weighted by Gasteiger charge is 2.17. The zero-order valence-electron chi connectivity index (χ0n) is 23.3. The fourth-order valence-electron chi connectivity index (χ4n) is 6.63. The second kappa shape index (κ2) is 9.59. The van der Waals surface area contributed by atoms with Gasteiger partial charge in [0.1, 0.15) is 0 Å². The van der Waals surface area contributed by atoms with Crippen LogP contribution in [0.3, 0.4) is 0 Å². The molecule has 9 rings (SSSR count). The Kier molecular flexibility index (Phi) is 5.40. The molecule has 0 amide bonds. The smallest absolute Gasteiger partial charge is 0.0619 e. The summed E-state index contributed by atoms with van der Waals surface area (Å²) < 4.78 is 5.05. The molecule has 7 aromatic carbocycles. The summed E-state index contributed by atoms with van der Waals surface area (Å²) in [5.74, 6) is 0. The molecule has 3 heteroatoms. The van der Waals surface area contributed by atoms with Crippen LogP contribution in [0.25, 0.3) is 58.4 Å². The van der Waals surface area contributed by atoms with E-state index < -0.39 is 0 Å². The first-order valence-electron chi connectivity index (χ1n) is 14.6. The maximum atomic E-state index is 2.42. The third-order valence-corrected chi connectivity index (χ3v) is 9.69. The van der Waals surface area contributed by atoms with Crippen LogP contribution < -0.4 is 4.90 Å². The standard InChI is InChI=1S/C40H26N2S/c1-2-11-28(12-3-1)41(31-23-25-35-34-15-7-9-17-38(34)43-39(35)26-31)29-19-21-30(22-20-29)42-37-16-8-6-14-33(37)36-24-18-27-10-4-5-13-32(27)40(36)42/h1-26H. The Labute approximate surface area is 253 Å². The largest absolute Gasteiger partial charge is 0.310 e. The van der Waals surface area contributed by atoms with Crippen molar-refractivity contribution in [1.82, 2.24) is 4.57 Å². The molecule has 0 aliphatic carbocycles. The lowest BCUT2D eigenvalue weighted by atomic mass is 10.1. The predicted octanol–water partition coefficient (Wildman–Crippen LogP) is 11.8. The first-order valence-corrected chi connectivity index (χ1v) is 15.4. The van der Waals surface area contributed by atoms with E-state index in [1.54, 1.807) is 0 Å². The fourth-order valence-corrected chi connectivity index (χ4v) is 7.77. The Hall–Kier alpha value is -5.38. The highest BCUT2D eigenvalue weighted by Crippen LogP contribution is 2.41. The molecular formula is C40H26N2S. The van der Waals surface area contributed by atoms with Crippen LogP contribution in [0.2, 0.25) is 0 Å². The van der Waals surface area contributed by atoms with Crippen molar-refractivity contribution in [2.45, 2.75) is 0 Å². The molecule has 0 unspecified atom stereocenters. The van der Waals surface area contributed by atoms with E-state index in [9.17, 15) is 0 Å². The van der Waals surface area contributed by atoms with E-state index in [0.717, 1.165) is 22.7 Å². The summed E-state index contributed by atoms with van der Waals surface area (Å²) in [6.07, 6.45) is 0. The molecule has 2 aromatic heterocycles. The Balaban J connectivity index is 1.23. The van der Waals surface area contributed by atoms with E-state index in [1.165, 1.54) is 52.8 Å². The minimum atomic E-state index is 1.13. The van der Waals surface area contributed by atoms with Crippen LogP contribution in [0, 0.1) is 0 Å². The van der Waals surface area contributed by atoms with Crippen molar-refractivity contribution in [1.29, 1.82) is 0 Å². The molecule has 0 fully saturated rings. The van der Waals surface area contributed by atoms with Gasteiger partial charge in [-0.05, 0) is 66.0 Å².